The maximum Gasteiger partial charge on any atom is 0.233 e. The van der Waals surface area contributed by atoms with Gasteiger partial charge in [0.25, 0.3) is 0 Å². The van der Waals surface area contributed by atoms with Crippen LogP contribution in [0.25, 0.3) is 0 Å². The topological polar surface area (TPSA) is 68.2 Å². The number of methoxy groups -OCH3 is 1. The lowest BCUT2D eigenvalue weighted by Gasteiger charge is -2.35. The van der Waals surface area contributed by atoms with Gasteiger partial charge in [0.15, 0.2) is 0 Å². The molecular formula is C14H24N4O2. The Bertz CT molecular complexity index is 444. The summed E-state index contributed by atoms with van der Waals surface area (Å²) >= 11 is 0. The van der Waals surface area contributed by atoms with E-state index in [2.05, 4.69) is 29.6 Å². The molecule has 1 fully saturated rings. The SMILES string of the molecule is COCC1(C(=O)Nc2cnn(C(C)C)c2)CCNCC1. The largest absolute Gasteiger partial charge is 0.384 e. The van der Waals surface area contributed by atoms with Gasteiger partial charge in [0.05, 0.1) is 23.9 Å². The first-order valence-electron chi connectivity index (χ1n) is 7.13. The average molecular weight is 280 g/mol. The van der Waals surface area contributed by atoms with Gasteiger partial charge >= 0.3 is 0 Å². The third-order valence-electron chi connectivity index (χ3n) is 3.85. The molecule has 0 unspecified atom stereocenters. The summed E-state index contributed by atoms with van der Waals surface area (Å²) < 4.78 is 7.11. The normalized spacial score (nSPS) is 18.2. The third-order valence-corrected chi connectivity index (χ3v) is 3.85. The molecule has 0 atom stereocenters. The van der Waals surface area contributed by atoms with E-state index in [1.807, 2.05) is 10.9 Å². The van der Waals surface area contributed by atoms with E-state index in [9.17, 15) is 4.79 Å². The number of hydrogen-bond donors (Lipinski definition) is 2. The third kappa shape index (κ3) is 3.19. The Morgan fingerprint density at radius 2 is 2.25 bits per heavy atom. The number of carbonyl (C=O) groups is 1. The summed E-state index contributed by atoms with van der Waals surface area (Å²) in [6, 6.07) is 0.285. The fourth-order valence-corrected chi connectivity index (χ4v) is 2.57. The van der Waals surface area contributed by atoms with Crippen molar-refractivity contribution >= 4 is 11.6 Å². The van der Waals surface area contributed by atoms with E-state index in [0.29, 0.717) is 6.61 Å². The van der Waals surface area contributed by atoms with Gasteiger partial charge in [-0.3, -0.25) is 9.48 Å². The Morgan fingerprint density at radius 1 is 1.55 bits per heavy atom. The van der Waals surface area contributed by atoms with Crippen LogP contribution in [0.3, 0.4) is 0 Å². The quantitative estimate of drug-likeness (QED) is 0.856. The summed E-state index contributed by atoms with van der Waals surface area (Å²) in [6.07, 6.45) is 5.15. The second-order valence-electron chi connectivity index (χ2n) is 5.72. The number of amides is 1. The van der Waals surface area contributed by atoms with Gasteiger partial charge in [-0.1, -0.05) is 0 Å². The van der Waals surface area contributed by atoms with E-state index < -0.39 is 5.41 Å². The van der Waals surface area contributed by atoms with E-state index in [1.165, 1.54) is 0 Å². The first-order chi connectivity index (χ1) is 9.57. The van der Waals surface area contributed by atoms with Crippen molar-refractivity contribution in [1.82, 2.24) is 15.1 Å². The zero-order chi connectivity index (χ0) is 14.6. The molecule has 0 radical (unpaired) electrons. The van der Waals surface area contributed by atoms with Crippen molar-refractivity contribution in [2.24, 2.45) is 5.41 Å². The minimum atomic E-state index is -0.431. The molecule has 2 N–H and O–H groups in total. The van der Waals surface area contributed by atoms with Crippen LogP contribution in [0, 0.1) is 5.41 Å². The molecule has 0 aliphatic carbocycles. The minimum absolute atomic E-state index is 0.0316. The maximum absolute atomic E-state index is 12.6. The molecule has 6 nitrogen and oxygen atoms in total. The van der Waals surface area contributed by atoms with Crippen LogP contribution >= 0.6 is 0 Å². The Hall–Kier alpha value is -1.40. The Balaban J connectivity index is 2.07. The molecule has 0 aromatic carbocycles. The fourth-order valence-electron chi connectivity index (χ4n) is 2.57. The number of rotatable bonds is 5. The maximum atomic E-state index is 12.6. The van der Waals surface area contributed by atoms with E-state index in [1.54, 1.807) is 13.3 Å². The number of anilines is 1. The highest BCUT2D eigenvalue weighted by Gasteiger charge is 2.39. The highest BCUT2D eigenvalue weighted by molar-refractivity contribution is 5.95. The van der Waals surface area contributed by atoms with Crippen LogP contribution in [-0.4, -0.2) is 42.5 Å². The molecule has 20 heavy (non-hydrogen) atoms. The molecular weight excluding hydrogens is 256 g/mol. The van der Waals surface area contributed by atoms with Gasteiger partial charge in [-0.2, -0.15) is 5.10 Å². The zero-order valence-electron chi connectivity index (χ0n) is 12.5. The highest BCUT2D eigenvalue weighted by atomic mass is 16.5. The number of nitrogens with one attached hydrogen (secondary N) is 2. The van der Waals surface area contributed by atoms with Crippen molar-refractivity contribution in [3.05, 3.63) is 12.4 Å². The number of ether oxygens (including phenoxy) is 1. The molecule has 1 amide bonds. The van der Waals surface area contributed by atoms with Crippen molar-refractivity contribution in [3.63, 3.8) is 0 Å². The van der Waals surface area contributed by atoms with E-state index in [4.69, 9.17) is 4.74 Å². The van der Waals surface area contributed by atoms with Crippen LogP contribution in [0.2, 0.25) is 0 Å². The van der Waals surface area contributed by atoms with Crippen molar-refractivity contribution in [2.45, 2.75) is 32.7 Å². The van der Waals surface area contributed by atoms with Crippen LogP contribution in [-0.2, 0) is 9.53 Å². The molecule has 2 heterocycles. The van der Waals surface area contributed by atoms with Gasteiger partial charge in [0, 0.05) is 19.3 Å². The highest BCUT2D eigenvalue weighted by Crippen LogP contribution is 2.30. The van der Waals surface area contributed by atoms with Gasteiger partial charge < -0.3 is 15.4 Å². The molecule has 2 rings (SSSR count). The fraction of sp³-hybridized carbons (Fsp3) is 0.714. The number of hydrogen-bond acceptors (Lipinski definition) is 4. The monoisotopic (exact) mass is 280 g/mol. The van der Waals surface area contributed by atoms with Crippen molar-refractivity contribution in [2.75, 3.05) is 32.1 Å². The first kappa shape index (κ1) is 15.0. The Morgan fingerprint density at radius 3 is 2.80 bits per heavy atom. The van der Waals surface area contributed by atoms with Gasteiger partial charge in [-0.25, -0.2) is 0 Å². The molecule has 0 spiro atoms. The number of carbonyl (C=O) groups excluding carboxylic acids is 1. The predicted octanol–water partition coefficient (Wildman–Crippen LogP) is 1.42. The summed E-state index contributed by atoms with van der Waals surface area (Å²) in [5, 5.41) is 10.5. The summed E-state index contributed by atoms with van der Waals surface area (Å²) in [4.78, 5) is 12.6. The number of piperidine rings is 1. The van der Waals surface area contributed by atoms with Crippen LogP contribution < -0.4 is 10.6 Å². The van der Waals surface area contributed by atoms with Gasteiger partial charge in [-0.15, -0.1) is 0 Å². The molecule has 1 aromatic heterocycles. The van der Waals surface area contributed by atoms with E-state index >= 15 is 0 Å². The lowest BCUT2D eigenvalue weighted by molar-refractivity contribution is -0.130. The lowest BCUT2D eigenvalue weighted by Crippen LogP contribution is -2.47. The van der Waals surface area contributed by atoms with E-state index in [-0.39, 0.29) is 11.9 Å². The average Bonchev–Trinajstić information content (AvgIpc) is 2.89. The molecule has 6 heteroatoms. The zero-order valence-corrected chi connectivity index (χ0v) is 12.5. The Kier molecular flexibility index (Phi) is 4.77. The Labute approximate surface area is 119 Å². The van der Waals surface area contributed by atoms with Gasteiger partial charge in [0.1, 0.15) is 0 Å². The van der Waals surface area contributed by atoms with Gasteiger partial charge in [-0.05, 0) is 39.8 Å². The van der Waals surface area contributed by atoms with Crippen LogP contribution in [0.4, 0.5) is 5.69 Å². The molecule has 0 bridgehead atoms. The van der Waals surface area contributed by atoms with Crippen molar-refractivity contribution < 1.29 is 9.53 Å². The molecule has 0 saturated carbocycles. The lowest BCUT2D eigenvalue weighted by atomic mass is 9.78. The second kappa shape index (κ2) is 6.37. The predicted molar refractivity (Wildman–Crippen MR) is 77.7 cm³/mol. The first-order valence-corrected chi connectivity index (χ1v) is 7.13. The number of nitrogens with zero attached hydrogens (tertiary/aromatic N) is 2. The van der Waals surface area contributed by atoms with E-state index in [0.717, 1.165) is 31.6 Å². The smallest absolute Gasteiger partial charge is 0.233 e. The van der Waals surface area contributed by atoms with Crippen LogP contribution in [0.15, 0.2) is 12.4 Å². The number of aromatic nitrogens is 2. The summed E-state index contributed by atoms with van der Waals surface area (Å²) in [6.45, 7) is 6.26. The molecule has 1 aliphatic heterocycles. The molecule has 1 aliphatic rings. The van der Waals surface area contributed by atoms with Crippen LogP contribution in [0.1, 0.15) is 32.7 Å². The standard InChI is InChI=1S/C14H24N4O2/c1-11(2)18-9-12(8-16-18)17-13(19)14(10-20-3)4-6-15-7-5-14/h8-9,11,15H,4-7,10H2,1-3H3,(H,17,19). The van der Waals surface area contributed by atoms with Crippen molar-refractivity contribution in [1.29, 1.82) is 0 Å². The molecule has 1 saturated heterocycles. The summed E-state index contributed by atoms with van der Waals surface area (Å²) in [7, 11) is 1.65. The van der Waals surface area contributed by atoms with Crippen molar-refractivity contribution in [3.8, 4) is 0 Å². The summed E-state index contributed by atoms with van der Waals surface area (Å²) in [5.41, 5.74) is 0.317. The molecule has 1 aromatic rings. The molecule has 112 valence electrons. The van der Waals surface area contributed by atoms with Crippen LogP contribution in [0.5, 0.6) is 0 Å². The minimum Gasteiger partial charge on any atom is -0.384 e. The summed E-state index contributed by atoms with van der Waals surface area (Å²) in [5.74, 6) is 0.0316. The second-order valence-corrected chi connectivity index (χ2v) is 5.72. The van der Waals surface area contributed by atoms with Gasteiger partial charge in [0.2, 0.25) is 5.91 Å².